The number of dihydropyridines is 1. The molecule has 0 fully saturated rings. The Balaban J connectivity index is 2.10. The monoisotopic (exact) mass is 455 g/mol. The Hall–Kier alpha value is -3.09. The molecule has 1 aromatic rings. The Morgan fingerprint density at radius 3 is 2.36 bits per heavy atom. The first kappa shape index (κ1) is 24.6. The minimum Gasteiger partial charge on any atom is -0.494 e. The summed E-state index contributed by atoms with van der Waals surface area (Å²) < 4.78 is 16.1. The van der Waals surface area contributed by atoms with Crippen molar-refractivity contribution in [2.45, 2.75) is 52.9 Å². The maximum Gasteiger partial charge on any atom is 0.336 e. The average Bonchev–Trinajstić information content (AvgIpc) is 2.80. The first-order chi connectivity index (χ1) is 15.8. The summed E-state index contributed by atoms with van der Waals surface area (Å²) in [4.78, 5) is 39.2. The molecule has 3 rings (SSSR count). The van der Waals surface area contributed by atoms with Gasteiger partial charge in [-0.25, -0.2) is 4.79 Å². The van der Waals surface area contributed by atoms with Gasteiger partial charge >= 0.3 is 11.9 Å². The number of carbonyl (C=O) groups excluding carboxylic acids is 3. The number of ether oxygens (including phenoxy) is 3. The van der Waals surface area contributed by atoms with Crippen LogP contribution in [0.1, 0.15) is 58.4 Å². The molecule has 0 saturated carbocycles. The van der Waals surface area contributed by atoms with Crippen LogP contribution < -0.4 is 10.1 Å². The van der Waals surface area contributed by atoms with Gasteiger partial charge in [-0.3, -0.25) is 9.59 Å². The van der Waals surface area contributed by atoms with Crippen molar-refractivity contribution in [1.82, 2.24) is 5.32 Å². The van der Waals surface area contributed by atoms with Crippen LogP contribution in [0.2, 0.25) is 0 Å². The van der Waals surface area contributed by atoms with Gasteiger partial charge in [0, 0.05) is 22.9 Å². The van der Waals surface area contributed by atoms with Gasteiger partial charge in [-0.05, 0) is 49.8 Å². The number of hydrogen-bond acceptors (Lipinski definition) is 7. The lowest BCUT2D eigenvalue weighted by Crippen LogP contribution is -2.43. The van der Waals surface area contributed by atoms with Gasteiger partial charge in [-0.1, -0.05) is 32.9 Å². The van der Waals surface area contributed by atoms with Gasteiger partial charge in [0.15, 0.2) is 5.78 Å². The lowest BCUT2D eigenvalue weighted by Gasteiger charge is -2.38. The van der Waals surface area contributed by atoms with Crippen LogP contribution in [0.3, 0.4) is 0 Å². The maximum absolute atomic E-state index is 13.7. The molecular formula is C26H33NO6. The normalized spacial score (nSPS) is 22.5. The zero-order valence-electron chi connectivity index (χ0n) is 20.0. The number of methoxy groups -OCH3 is 1. The molecule has 0 aromatic heterocycles. The number of Topliss-reactive ketones (excluding diaryl/α,β-unsaturated/α-hetero) is 1. The molecule has 0 amide bonds. The zero-order chi connectivity index (χ0) is 24.1. The predicted octanol–water partition coefficient (Wildman–Crippen LogP) is 4.04. The third-order valence-corrected chi connectivity index (χ3v) is 6.09. The summed E-state index contributed by atoms with van der Waals surface area (Å²) in [6, 6.07) is 7.41. The number of benzene rings is 1. The highest BCUT2D eigenvalue weighted by atomic mass is 16.5. The summed E-state index contributed by atoms with van der Waals surface area (Å²) >= 11 is 0. The third-order valence-electron chi connectivity index (χ3n) is 6.09. The zero-order valence-corrected chi connectivity index (χ0v) is 20.0. The van der Waals surface area contributed by atoms with E-state index in [-0.39, 0.29) is 18.3 Å². The Labute approximate surface area is 195 Å². The first-order valence-electron chi connectivity index (χ1n) is 11.6. The number of ketones is 1. The van der Waals surface area contributed by atoms with Crippen LogP contribution in [0.25, 0.3) is 0 Å². The van der Waals surface area contributed by atoms with Gasteiger partial charge in [0.05, 0.1) is 25.9 Å². The molecule has 1 heterocycles. The molecule has 0 radical (unpaired) electrons. The summed E-state index contributed by atoms with van der Waals surface area (Å²) in [5.41, 5.74) is 2.98. The highest BCUT2D eigenvalue weighted by molar-refractivity contribution is 6.12. The van der Waals surface area contributed by atoms with E-state index in [1.165, 1.54) is 7.11 Å². The molecule has 7 nitrogen and oxygen atoms in total. The smallest absolute Gasteiger partial charge is 0.336 e. The van der Waals surface area contributed by atoms with Crippen molar-refractivity contribution < 1.29 is 28.6 Å². The van der Waals surface area contributed by atoms with Crippen molar-refractivity contribution in [1.29, 1.82) is 0 Å². The van der Waals surface area contributed by atoms with E-state index in [0.29, 0.717) is 36.3 Å². The van der Waals surface area contributed by atoms with Crippen molar-refractivity contribution in [2.24, 2.45) is 11.8 Å². The van der Waals surface area contributed by atoms with E-state index in [1.807, 2.05) is 52.0 Å². The first-order valence-corrected chi connectivity index (χ1v) is 11.6. The van der Waals surface area contributed by atoms with E-state index in [1.54, 1.807) is 0 Å². The van der Waals surface area contributed by atoms with Crippen molar-refractivity contribution in [3.05, 3.63) is 52.4 Å². The molecule has 7 heteroatoms. The van der Waals surface area contributed by atoms with Gasteiger partial charge in [-0.2, -0.15) is 0 Å². The van der Waals surface area contributed by atoms with Crippen LogP contribution in [0.15, 0.2) is 46.8 Å². The SMILES string of the molecule is CCCOC(=O)C1=C(C)NC2=C(C(=O)[C@H](C(=O)OC)[C@@H](C)C2)[C@H]1c1ccc(OCCC)cc1. The molecule has 178 valence electrons. The number of hydrogen-bond donors (Lipinski definition) is 1. The Morgan fingerprint density at radius 1 is 1.09 bits per heavy atom. The number of carbonyl (C=O) groups is 3. The van der Waals surface area contributed by atoms with E-state index in [9.17, 15) is 14.4 Å². The summed E-state index contributed by atoms with van der Waals surface area (Å²) in [6.07, 6.45) is 2.08. The lowest BCUT2D eigenvalue weighted by molar-refractivity contribution is -0.151. The second-order valence-electron chi connectivity index (χ2n) is 8.59. The molecule has 33 heavy (non-hydrogen) atoms. The fourth-order valence-corrected chi connectivity index (χ4v) is 4.53. The summed E-state index contributed by atoms with van der Waals surface area (Å²) in [7, 11) is 1.29. The van der Waals surface area contributed by atoms with Crippen LogP contribution in [-0.4, -0.2) is 38.0 Å². The summed E-state index contributed by atoms with van der Waals surface area (Å²) in [5.74, 6) is -2.38. The predicted molar refractivity (Wildman–Crippen MR) is 123 cm³/mol. The molecule has 3 atom stereocenters. The van der Waals surface area contributed by atoms with E-state index >= 15 is 0 Å². The van der Waals surface area contributed by atoms with Gasteiger partial charge in [0.1, 0.15) is 11.7 Å². The Morgan fingerprint density at radius 2 is 1.76 bits per heavy atom. The van der Waals surface area contributed by atoms with Crippen molar-refractivity contribution in [2.75, 3.05) is 20.3 Å². The van der Waals surface area contributed by atoms with Gasteiger partial charge in [0.25, 0.3) is 0 Å². The van der Waals surface area contributed by atoms with E-state index in [2.05, 4.69) is 5.32 Å². The minimum atomic E-state index is -0.906. The topological polar surface area (TPSA) is 90.9 Å². The molecule has 0 saturated heterocycles. The van der Waals surface area contributed by atoms with E-state index < -0.39 is 23.8 Å². The lowest BCUT2D eigenvalue weighted by atomic mass is 9.69. The molecular weight excluding hydrogens is 422 g/mol. The second-order valence-corrected chi connectivity index (χ2v) is 8.59. The molecule has 0 spiro atoms. The highest BCUT2D eigenvalue weighted by Gasteiger charge is 2.47. The van der Waals surface area contributed by atoms with Crippen molar-refractivity contribution in [3.63, 3.8) is 0 Å². The van der Waals surface area contributed by atoms with Crippen LogP contribution >= 0.6 is 0 Å². The van der Waals surface area contributed by atoms with Gasteiger partial charge in [0.2, 0.25) is 0 Å². The molecule has 2 aliphatic rings. The van der Waals surface area contributed by atoms with Gasteiger partial charge in [-0.15, -0.1) is 0 Å². The number of rotatable bonds is 8. The molecule has 1 aliphatic heterocycles. The quantitative estimate of drug-likeness (QED) is 0.467. The van der Waals surface area contributed by atoms with Crippen molar-refractivity contribution in [3.8, 4) is 5.75 Å². The molecule has 0 unspecified atom stereocenters. The highest BCUT2D eigenvalue weighted by Crippen LogP contribution is 2.45. The number of esters is 2. The average molecular weight is 456 g/mol. The second kappa shape index (κ2) is 10.7. The van der Waals surface area contributed by atoms with E-state index in [4.69, 9.17) is 14.2 Å². The summed E-state index contributed by atoms with van der Waals surface area (Å²) in [6.45, 7) is 8.53. The fourth-order valence-electron chi connectivity index (χ4n) is 4.53. The molecule has 1 N–H and O–H groups in total. The van der Waals surface area contributed by atoms with Crippen LogP contribution in [0.5, 0.6) is 5.75 Å². The largest absolute Gasteiger partial charge is 0.494 e. The summed E-state index contributed by atoms with van der Waals surface area (Å²) in [5, 5.41) is 3.26. The molecule has 1 aromatic carbocycles. The Bertz CT molecular complexity index is 975. The van der Waals surface area contributed by atoms with Crippen LogP contribution in [-0.2, 0) is 23.9 Å². The number of allylic oxidation sites excluding steroid dienone is 3. The number of nitrogens with one attached hydrogen (secondary N) is 1. The van der Waals surface area contributed by atoms with Crippen molar-refractivity contribution >= 4 is 17.7 Å². The Kier molecular flexibility index (Phi) is 7.95. The van der Waals surface area contributed by atoms with Gasteiger partial charge < -0.3 is 19.5 Å². The fraction of sp³-hybridized carbons (Fsp3) is 0.500. The van der Waals surface area contributed by atoms with E-state index in [0.717, 1.165) is 23.4 Å². The molecule has 0 bridgehead atoms. The third kappa shape index (κ3) is 4.97. The maximum atomic E-state index is 13.7. The van der Waals surface area contributed by atoms with Crippen LogP contribution in [0.4, 0.5) is 0 Å². The van der Waals surface area contributed by atoms with Crippen LogP contribution in [0, 0.1) is 11.8 Å². The standard InChI is InChI=1S/C26H33NO6/c1-6-12-32-18-10-8-17(9-11-18)22-21(26(30)33-13-7-2)16(4)27-19-14-15(3)20(25(29)31-5)24(28)23(19)22/h8-11,15,20,22,27H,6-7,12-14H2,1-5H3/t15-,20+,22-/m0/s1. The molecule has 1 aliphatic carbocycles. The minimum absolute atomic E-state index is 0.219.